The number of nitrogens with one attached hydrogen (secondary N) is 2. The number of aromatic hydroxyl groups is 1. The Hall–Kier alpha value is -3.48. The van der Waals surface area contributed by atoms with E-state index >= 15 is 0 Å². The van der Waals surface area contributed by atoms with Crippen LogP contribution in [0.4, 0.5) is 17.1 Å². The van der Waals surface area contributed by atoms with E-state index in [-0.39, 0.29) is 23.7 Å². The first-order valence-corrected chi connectivity index (χ1v) is 8.68. The fourth-order valence-electron chi connectivity index (χ4n) is 2.53. The van der Waals surface area contributed by atoms with E-state index in [0.717, 1.165) is 0 Å². The topological polar surface area (TPSA) is 90.9 Å². The zero-order valence-corrected chi connectivity index (χ0v) is 16.5. The molecule has 0 bridgehead atoms. The number of phenolic OH excluding ortho intramolecular Hbond substituents is 1. The van der Waals surface area contributed by atoms with E-state index in [9.17, 15) is 14.7 Å². The zero-order chi connectivity index (χ0) is 21.0. The Balaban J connectivity index is 2.25. The lowest BCUT2D eigenvalue weighted by molar-refractivity contribution is 0.306. The van der Waals surface area contributed by atoms with Gasteiger partial charge in [-0.05, 0) is 32.1 Å². The fraction of sp³-hybridized carbons (Fsp3) is 0.238. The average molecular weight is 383 g/mol. The van der Waals surface area contributed by atoms with Crippen molar-refractivity contribution in [3.63, 3.8) is 0 Å². The molecule has 0 saturated heterocycles. The average Bonchev–Trinajstić information content (AvgIpc) is 2.66. The van der Waals surface area contributed by atoms with Crippen LogP contribution in [0, 0.1) is 0 Å². The van der Waals surface area contributed by atoms with Crippen LogP contribution >= 0.6 is 0 Å². The van der Waals surface area contributed by atoms with Crippen LogP contribution in [0.15, 0.2) is 58.5 Å². The van der Waals surface area contributed by atoms with Gasteiger partial charge in [-0.2, -0.15) is 0 Å². The van der Waals surface area contributed by atoms with E-state index in [1.165, 1.54) is 0 Å². The lowest BCUT2D eigenvalue weighted by atomic mass is 10.1. The number of ether oxygens (including phenoxy) is 1. The van der Waals surface area contributed by atoms with Crippen molar-refractivity contribution in [1.82, 2.24) is 4.90 Å². The van der Waals surface area contributed by atoms with E-state index in [4.69, 9.17) is 4.74 Å². The van der Waals surface area contributed by atoms with Crippen LogP contribution in [-0.4, -0.2) is 30.6 Å². The van der Waals surface area contributed by atoms with Gasteiger partial charge in [0, 0.05) is 25.4 Å². The molecule has 0 heterocycles. The van der Waals surface area contributed by atoms with Gasteiger partial charge in [-0.1, -0.05) is 19.2 Å². The van der Waals surface area contributed by atoms with Gasteiger partial charge in [-0.3, -0.25) is 9.59 Å². The summed E-state index contributed by atoms with van der Waals surface area (Å²) < 4.78 is 5.43. The Labute approximate surface area is 164 Å². The first kappa shape index (κ1) is 20.8. The summed E-state index contributed by atoms with van der Waals surface area (Å²) in [5.41, 5.74) is 0.404. The van der Waals surface area contributed by atoms with Gasteiger partial charge in [0.25, 0.3) is 10.9 Å². The van der Waals surface area contributed by atoms with E-state index in [0.29, 0.717) is 28.5 Å². The Morgan fingerprint density at radius 1 is 1.21 bits per heavy atom. The quantitative estimate of drug-likeness (QED) is 0.348. The van der Waals surface area contributed by atoms with Crippen LogP contribution in [0.1, 0.15) is 19.4 Å². The summed E-state index contributed by atoms with van der Waals surface area (Å²) in [5, 5.41) is 16.3. The van der Waals surface area contributed by atoms with E-state index < -0.39 is 10.9 Å². The van der Waals surface area contributed by atoms with Crippen LogP contribution in [0.2, 0.25) is 0 Å². The molecule has 0 aliphatic rings. The van der Waals surface area contributed by atoms with Gasteiger partial charge in [0.05, 0.1) is 18.0 Å². The molecule has 0 unspecified atom stereocenters. The van der Waals surface area contributed by atoms with Crippen molar-refractivity contribution in [2.45, 2.75) is 13.8 Å². The highest BCUT2D eigenvalue weighted by Crippen LogP contribution is 2.35. The molecule has 148 valence electrons. The van der Waals surface area contributed by atoms with Crippen LogP contribution < -0.4 is 21.5 Å². The molecule has 7 heteroatoms. The van der Waals surface area contributed by atoms with Gasteiger partial charge in [-0.25, -0.2) is 0 Å². The molecule has 0 aliphatic carbocycles. The van der Waals surface area contributed by atoms with Crippen molar-refractivity contribution in [1.29, 1.82) is 0 Å². The lowest BCUT2D eigenvalue weighted by Gasteiger charge is -2.20. The molecule has 3 N–H and O–H groups in total. The number of phenols is 1. The number of allylic oxidation sites excluding steroid dienone is 2. The third-order valence-corrected chi connectivity index (χ3v) is 4.12. The van der Waals surface area contributed by atoms with Gasteiger partial charge in [0.15, 0.2) is 0 Å². The van der Waals surface area contributed by atoms with Crippen LogP contribution in [0.5, 0.6) is 5.75 Å². The number of hydrogen-bond donors (Lipinski definition) is 3. The maximum absolute atomic E-state index is 12.0. The maximum Gasteiger partial charge on any atom is 0.253 e. The lowest BCUT2D eigenvalue weighted by Crippen LogP contribution is -2.37. The number of nitrogens with zero attached hydrogens (tertiary/aromatic N) is 1. The molecule has 2 rings (SSSR count). The SMILES string of the molecule is C=C(C)O/C(=C\C)CNc1c(Nc2cccc(C(=C)N(C)C)c2O)c(=O)c1=O. The molecule has 0 radical (unpaired) electrons. The first-order chi connectivity index (χ1) is 13.2. The predicted octanol–water partition coefficient (Wildman–Crippen LogP) is 3.13. The first-order valence-electron chi connectivity index (χ1n) is 8.68. The minimum Gasteiger partial charge on any atom is -0.505 e. The molecular formula is C21H25N3O4. The smallest absolute Gasteiger partial charge is 0.253 e. The summed E-state index contributed by atoms with van der Waals surface area (Å²) in [7, 11) is 3.62. The van der Waals surface area contributed by atoms with Crippen molar-refractivity contribution in [2.24, 2.45) is 0 Å². The largest absolute Gasteiger partial charge is 0.505 e. The monoisotopic (exact) mass is 383 g/mol. The molecule has 0 aliphatic heterocycles. The second-order valence-corrected chi connectivity index (χ2v) is 6.49. The predicted molar refractivity (Wildman–Crippen MR) is 114 cm³/mol. The number of anilines is 3. The maximum atomic E-state index is 12.0. The molecule has 7 nitrogen and oxygen atoms in total. The Morgan fingerprint density at radius 2 is 1.86 bits per heavy atom. The van der Waals surface area contributed by atoms with Crippen molar-refractivity contribution >= 4 is 22.8 Å². The number of hydrogen-bond acceptors (Lipinski definition) is 7. The minimum atomic E-state index is -0.651. The molecule has 2 aromatic rings. The molecule has 0 aromatic heterocycles. The molecule has 0 fully saturated rings. The standard InChI is InChI=1S/C21H25N3O4/c1-7-14(28-12(2)3)11-22-17-18(21(27)20(17)26)23-16-10-8-9-15(19(16)25)13(4)24(5)6/h7-10,22-23,25H,2,4,11H2,1,3,5-6H3/b14-7-. The van der Waals surface area contributed by atoms with Crippen LogP contribution in [0.3, 0.4) is 0 Å². The van der Waals surface area contributed by atoms with Gasteiger partial charge in [0.1, 0.15) is 22.9 Å². The van der Waals surface area contributed by atoms with Crippen molar-refractivity contribution in [3.05, 3.63) is 75.0 Å². The van der Waals surface area contributed by atoms with Crippen molar-refractivity contribution in [3.8, 4) is 5.75 Å². The summed E-state index contributed by atoms with van der Waals surface area (Å²) in [4.78, 5) is 25.8. The van der Waals surface area contributed by atoms with E-state index in [1.807, 2.05) is 14.1 Å². The third-order valence-electron chi connectivity index (χ3n) is 4.12. The number of para-hydroxylation sites is 1. The van der Waals surface area contributed by atoms with Gasteiger partial charge in [-0.15, -0.1) is 0 Å². The summed E-state index contributed by atoms with van der Waals surface area (Å²) in [6.07, 6.45) is 1.74. The van der Waals surface area contributed by atoms with E-state index in [1.54, 1.807) is 43.0 Å². The Morgan fingerprint density at radius 3 is 2.43 bits per heavy atom. The summed E-state index contributed by atoms with van der Waals surface area (Å²) in [6, 6.07) is 5.06. The third kappa shape index (κ3) is 4.25. The zero-order valence-electron chi connectivity index (χ0n) is 16.5. The highest BCUT2D eigenvalue weighted by atomic mass is 16.5. The molecule has 0 atom stereocenters. The molecule has 28 heavy (non-hydrogen) atoms. The van der Waals surface area contributed by atoms with E-state index in [2.05, 4.69) is 23.8 Å². The molecule has 0 spiro atoms. The molecule has 0 amide bonds. The summed E-state index contributed by atoms with van der Waals surface area (Å²) >= 11 is 0. The van der Waals surface area contributed by atoms with Gasteiger partial charge in [0.2, 0.25) is 0 Å². The van der Waals surface area contributed by atoms with Gasteiger partial charge >= 0.3 is 0 Å². The Kier molecular flexibility index (Phi) is 6.30. The number of benzene rings is 1. The van der Waals surface area contributed by atoms with Crippen LogP contribution in [0.25, 0.3) is 5.70 Å². The summed E-state index contributed by atoms with van der Waals surface area (Å²) in [6.45, 7) is 11.3. The number of rotatable bonds is 9. The van der Waals surface area contributed by atoms with Crippen molar-refractivity contribution in [2.75, 3.05) is 31.3 Å². The van der Waals surface area contributed by atoms with Gasteiger partial charge < -0.3 is 25.4 Å². The van der Waals surface area contributed by atoms with Crippen LogP contribution in [-0.2, 0) is 4.74 Å². The normalized spacial score (nSPS) is 11.2. The molecular weight excluding hydrogens is 358 g/mol. The van der Waals surface area contributed by atoms with Crippen molar-refractivity contribution < 1.29 is 9.84 Å². The molecule has 2 aromatic carbocycles. The Bertz CT molecular complexity index is 1010. The fourth-order valence-corrected chi connectivity index (χ4v) is 2.53. The summed E-state index contributed by atoms with van der Waals surface area (Å²) in [5.74, 6) is 1.03. The minimum absolute atomic E-state index is 0.0556. The second kappa shape index (κ2) is 8.47. The molecule has 0 saturated carbocycles. The highest BCUT2D eigenvalue weighted by Gasteiger charge is 2.23. The second-order valence-electron chi connectivity index (χ2n) is 6.49. The highest BCUT2D eigenvalue weighted by molar-refractivity contribution is 5.83.